The van der Waals surface area contributed by atoms with E-state index in [0.717, 1.165) is 60.3 Å². The molecule has 0 aliphatic rings. The molecule has 8 aromatic rings. The number of fused-ring (bicyclic) bond motifs is 5. The number of ether oxygens (including phenoxy) is 1. The minimum atomic E-state index is 0. The second-order valence-corrected chi connectivity index (χ2v) is 9.71. The summed E-state index contributed by atoms with van der Waals surface area (Å²) in [6.07, 6.45) is 3.64. The van der Waals surface area contributed by atoms with Crippen molar-refractivity contribution in [3.63, 3.8) is 0 Å². The van der Waals surface area contributed by atoms with Crippen molar-refractivity contribution in [2.24, 2.45) is 0 Å². The Morgan fingerprint density at radius 1 is 0.537 bits per heavy atom. The van der Waals surface area contributed by atoms with E-state index in [1.165, 1.54) is 0 Å². The number of hydrogen-bond acceptors (Lipinski definition) is 3. The van der Waals surface area contributed by atoms with E-state index >= 15 is 0 Å². The Balaban J connectivity index is 0.00000276. The molecule has 0 amide bonds. The molecular weight excluding hydrogens is 685 g/mol. The monoisotopic (exact) mass is 706 g/mol. The van der Waals surface area contributed by atoms with Crippen LogP contribution >= 0.6 is 0 Å². The topological polar surface area (TPSA) is 39.9 Å². The van der Waals surface area contributed by atoms with Gasteiger partial charge in [-0.15, -0.1) is 18.2 Å². The first-order chi connectivity index (χ1) is 19.8. The zero-order chi connectivity index (χ0) is 26.5. The first-order valence-corrected chi connectivity index (χ1v) is 13.2. The minimum absolute atomic E-state index is 0. The Bertz CT molecular complexity index is 2210. The van der Waals surface area contributed by atoms with Crippen molar-refractivity contribution in [1.82, 2.24) is 14.5 Å². The molecule has 0 aliphatic carbocycles. The Morgan fingerprint density at radius 2 is 1.22 bits per heavy atom. The first kappa shape index (κ1) is 25.2. The zero-order valence-electron chi connectivity index (χ0n) is 21.7. The van der Waals surface area contributed by atoms with Gasteiger partial charge in [0.25, 0.3) is 0 Å². The van der Waals surface area contributed by atoms with Gasteiger partial charge in [-0.05, 0) is 45.9 Å². The summed E-state index contributed by atoms with van der Waals surface area (Å²) in [4.78, 5) is 9.33. The molecule has 0 aliphatic heterocycles. The number of para-hydroxylation sites is 1. The number of nitrogens with zero attached hydrogens (tertiary/aromatic N) is 3. The fourth-order valence-corrected chi connectivity index (χ4v) is 5.49. The number of rotatable bonds is 4. The molecule has 41 heavy (non-hydrogen) atoms. The van der Waals surface area contributed by atoms with E-state index in [-0.39, 0.29) is 21.1 Å². The quantitative estimate of drug-likeness (QED) is 0.172. The molecule has 0 radical (unpaired) electrons. The van der Waals surface area contributed by atoms with E-state index in [2.05, 4.69) is 88.4 Å². The predicted octanol–water partition coefficient (Wildman–Crippen LogP) is 8.94. The Labute approximate surface area is 251 Å². The van der Waals surface area contributed by atoms with E-state index in [4.69, 9.17) is 9.72 Å². The van der Waals surface area contributed by atoms with Crippen molar-refractivity contribution in [1.29, 1.82) is 0 Å². The maximum Gasteiger partial charge on any atom is 2.00 e. The summed E-state index contributed by atoms with van der Waals surface area (Å²) < 4.78 is 8.45. The SMILES string of the molecule is [Pt+2].[c-]1c(Oc2nccc3ccccc23)cccc1-c1[c-]c2c(cc1)c1ccccc1n2-c1nccc2ccccc12. The van der Waals surface area contributed by atoms with Crippen LogP contribution in [0.2, 0.25) is 0 Å². The van der Waals surface area contributed by atoms with Crippen LogP contribution in [0.4, 0.5) is 0 Å². The van der Waals surface area contributed by atoms with Crippen LogP contribution in [-0.2, 0) is 21.1 Å². The maximum absolute atomic E-state index is 6.23. The molecule has 0 saturated carbocycles. The minimum Gasteiger partial charge on any atom is -0.459 e. The van der Waals surface area contributed by atoms with Gasteiger partial charge in [0.05, 0.1) is 0 Å². The zero-order valence-corrected chi connectivity index (χ0v) is 24.0. The molecule has 4 nitrogen and oxygen atoms in total. The van der Waals surface area contributed by atoms with Crippen LogP contribution in [0, 0.1) is 12.1 Å². The average Bonchev–Trinajstić information content (AvgIpc) is 3.35. The Kier molecular flexibility index (Phi) is 6.34. The third kappa shape index (κ3) is 4.28. The number of pyridine rings is 2. The smallest absolute Gasteiger partial charge is 0.459 e. The summed E-state index contributed by atoms with van der Waals surface area (Å²) >= 11 is 0. The molecule has 8 rings (SSSR count). The van der Waals surface area contributed by atoms with E-state index in [1.54, 1.807) is 6.20 Å². The van der Waals surface area contributed by atoms with Crippen LogP contribution in [-0.4, -0.2) is 14.5 Å². The maximum atomic E-state index is 6.23. The van der Waals surface area contributed by atoms with Crippen LogP contribution in [0.15, 0.2) is 128 Å². The molecule has 0 spiro atoms. The number of benzene rings is 5. The van der Waals surface area contributed by atoms with Gasteiger partial charge in [0.1, 0.15) is 5.82 Å². The third-order valence-electron chi connectivity index (χ3n) is 7.35. The summed E-state index contributed by atoms with van der Waals surface area (Å²) in [5.41, 5.74) is 3.88. The van der Waals surface area contributed by atoms with E-state index in [9.17, 15) is 0 Å². The molecule has 0 bridgehead atoms. The van der Waals surface area contributed by atoms with E-state index in [0.29, 0.717) is 11.6 Å². The van der Waals surface area contributed by atoms with Gasteiger partial charge in [-0.1, -0.05) is 66.0 Å². The molecular formula is C36H21N3OPt. The number of hydrogen-bond donors (Lipinski definition) is 0. The Hall–Kier alpha value is -4.79. The second kappa shape index (κ2) is 10.3. The second-order valence-electron chi connectivity index (χ2n) is 9.71. The van der Waals surface area contributed by atoms with Crippen LogP contribution in [0.25, 0.3) is 60.3 Å². The Morgan fingerprint density at radius 3 is 2.07 bits per heavy atom. The molecule has 0 fully saturated rings. The average molecular weight is 707 g/mol. The standard InChI is InChI=1S/C36H21N3O.Pt/c1-3-12-29-24(8-1)18-20-37-35(29)39-33-15-6-5-14-31(33)32-17-16-27(23-34(32)39)26-10-7-11-28(22-26)40-36-30-13-4-2-9-25(30)19-21-38-36;/h1-21H;/q-2;+2. The van der Waals surface area contributed by atoms with Gasteiger partial charge < -0.3 is 9.30 Å². The van der Waals surface area contributed by atoms with Gasteiger partial charge in [0.15, 0.2) is 0 Å². The van der Waals surface area contributed by atoms with Crippen molar-refractivity contribution in [2.45, 2.75) is 0 Å². The van der Waals surface area contributed by atoms with Crippen molar-refractivity contribution < 1.29 is 25.8 Å². The van der Waals surface area contributed by atoms with E-state index < -0.39 is 0 Å². The first-order valence-electron chi connectivity index (χ1n) is 13.2. The predicted molar refractivity (Wildman–Crippen MR) is 161 cm³/mol. The van der Waals surface area contributed by atoms with Crippen molar-refractivity contribution in [2.75, 3.05) is 0 Å². The van der Waals surface area contributed by atoms with Crippen molar-refractivity contribution in [3.05, 3.63) is 140 Å². The van der Waals surface area contributed by atoms with Gasteiger partial charge in [-0.25, -0.2) is 21.1 Å². The van der Waals surface area contributed by atoms with Crippen LogP contribution < -0.4 is 4.74 Å². The molecule has 5 heteroatoms. The summed E-state index contributed by atoms with van der Waals surface area (Å²) in [5.74, 6) is 2.06. The van der Waals surface area contributed by atoms with Gasteiger partial charge >= 0.3 is 21.1 Å². The third-order valence-corrected chi connectivity index (χ3v) is 7.35. The largest absolute Gasteiger partial charge is 2.00 e. The molecule has 196 valence electrons. The summed E-state index contributed by atoms with van der Waals surface area (Å²) in [6, 6.07) is 46.2. The fraction of sp³-hybridized carbons (Fsp3) is 0. The van der Waals surface area contributed by atoms with E-state index in [1.807, 2.05) is 54.7 Å². The van der Waals surface area contributed by atoms with Crippen molar-refractivity contribution >= 4 is 43.4 Å². The number of aromatic nitrogens is 3. The van der Waals surface area contributed by atoms with Crippen LogP contribution in [0.5, 0.6) is 11.6 Å². The van der Waals surface area contributed by atoms with Gasteiger partial charge in [-0.2, -0.15) is 24.3 Å². The molecule has 0 atom stereocenters. The van der Waals surface area contributed by atoms with Gasteiger partial charge in [-0.3, -0.25) is 0 Å². The van der Waals surface area contributed by atoms with Crippen LogP contribution in [0.3, 0.4) is 0 Å². The van der Waals surface area contributed by atoms with Crippen LogP contribution in [0.1, 0.15) is 0 Å². The summed E-state index contributed by atoms with van der Waals surface area (Å²) in [6.45, 7) is 0. The molecule has 3 heterocycles. The molecule has 0 saturated heterocycles. The fourth-order valence-electron chi connectivity index (χ4n) is 5.49. The normalized spacial score (nSPS) is 11.2. The summed E-state index contributed by atoms with van der Waals surface area (Å²) in [5, 5.41) is 6.58. The molecule has 5 aromatic carbocycles. The molecule has 0 N–H and O–H groups in total. The van der Waals surface area contributed by atoms with Gasteiger partial charge in [0, 0.05) is 34.4 Å². The van der Waals surface area contributed by atoms with Crippen molar-refractivity contribution in [3.8, 4) is 28.6 Å². The summed E-state index contributed by atoms with van der Waals surface area (Å²) in [7, 11) is 0. The molecule has 3 aromatic heterocycles. The van der Waals surface area contributed by atoms with Gasteiger partial charge in [0.2, 0.25) is 5.88 Å². The molecule has 0 unspecified atom stereocenters.